The summed E-state index contributed by atoms with van der Waals surface area (Å²) in [5, 5.41) is 13.2. The van der Waals surface area contributed by atoms with Crippen molar-refractivity contribution < 1.29 is 9.90 Å². The maximum absolute atomic E-state index is 11.7. The number of amides is 1. The number of thiazole rings is 1. The topological polar surface area (TPSA) is 62.2 Å². The van der Waals surface area contributed by atoms with Crippen LogP contribution >= 0.6 is 11.3 Å². The highest BCUT2D eigenvalue weighted by atomic mass is 32.1. The number of benzene rings is 1. The molecule has 1 aromatic carbocycles. The molecule has 0 aliphatic carbocycles. The molecule has 0 aliphatic rings. The van der Waals surface area contributed by atoms with Gasteiger partial charge in [0.05, 0.1) is 10.7 Å². The zero-order valence-corrected chi connectivity index (χ0v) is 11.5. The summed E-state index contributed by atoms with van der Waals surface area (Å²) in [7, 11) is 0. The Bertz CT molecular complexity index is 632. The van der Waals surface area contributed by atoms with Crippen LogP contribution in [0.2, 0.25) is 0 Å². The molecule has 0 aliphatic heterocycles. The summed E-state index contributed by atoms with van der Waals surface area (Å²) in [6, 6.07) is 5.06. The highest BCUT2D eigenvalue weighted by Crippen LogP contribution is 2.23. The smallest absolute Gasteiger partial charge is 0.248 e. The summed E-state index contributed by atoms with van der Waals surface area (Å²) in [5.41, 5.74) is 1.38. The first kappa shape index (κ1) is 13.3. The fraction of sp³-hybridized carbons (Fsp3) is 0.143. The second-order valence-corrected chi connectivity index (χ2v) is 5.39. The molecule has 0 saturated carbocycles. The first-order valence-corrected chi connectivity index (χ1v) is 6.57. The van der Waals surface area contributed by atoms with Crippen molar-refractivity contribution in [2.45, 2.75) is 13.8 Å². The lowest BCUT2D eigenvalue weighted by Crippen LogP contribution is -2.07. The van der Waals surface area contributed by atoms with Gasteiger partial charge in [-0.3, -0.25) is 4.79 Å². The number of hydrogen-bond donors (Lipinski definition) is 2. The van der Waals surface area contributed by atoms with Crippen LogP contribution in [0.15, 0.2) is 30.5 Å². The van der Waals surface area contributed by atoms with Gasteiger partial charge in [0.15, 0.2) is 0 Å². The molecule has 2 N–H and O–H groups in total. The molecule has 1 amide bonds. The van der Waals surface area contributed by atoms with E-state index in [1.54, 1.807) is 30.5 Å². The number of nitrogens with zero attached hydrogens (tertiary/aromatic N) is 1. The third-order valence-corrected chi connectivity index (χ3v) is 3.33. The summed E-state index contributed by atoms with van der Waals surface area (Å²) >= 11 is 1.51. The monoisotopic (exact) mass is 274 g/mol. The van der Waals surface area contributed by atoms with Crippen LogP contribution in [0, 0.1) is 13.8 Å². The van der Waals surface area contributed by atoms with Gasteiger partial charge in [0.25, 0.3) is 0 Å². The minimum absolute atomic E-state index is 0.0565. The number of rotatable bonds is 3. The molecule has 0 radical (unpaired) electrons. The molecule has 5 heteroatoms. The highest BCUT2D eigenvalue weighted by molar-refractivity contribution is 7.12. The van der Waals surface area contributed by atoms with Crippen LogP contribution in [0.3, 0.4) is 0 Å². The van der Waals surface area contributed by atoms with Gasteiger partial charge >= 0.3 is 0 Å². The molecule has 0 fully saturated rings. The molecular weight excluding hydrogens is 260 g/mol. The third-order valence-electron chi connectivity index (χ3n) is 2.45. The molecule has 0 bridgehead atoms. The molecule has 0 unspecified atom stereocenters. The average Bonchev–Trinajstić information content (AvgIpc) is 2.77. The first-order valence-electron chi connectivity index (χ1n) is 5.76. The summed E-state index contributed by atoms with van der Waals surface area (Å²) < 4.78 is 0. The molecule has 19 heavy (non-hydrogen) atoms. The van der Waals surface area contributed by atoms with E-state index in [9.17, 15) is 9.90 Å². The van der Waals surface area contributed by atoms with Crippen molar-refractivity contribution in [1.29, 1.82) is 0 Å². The van der Waals surface area contributed by atoms with Crippen LogP contribution in [0.5, 0.6) is 5.75 Å². The standard InChI is InChI=1S/C14H14N2O2S/c1-9-3-5-13(17)12(7-9)16-14(18)6-4-11-8-15-10(2)19-11/h3-8,17H,1-2H3,(H,16,18)/b6-4+. The van der Waals surface area contributed by atoms with Gasteiger partial charge in [0.2, 0.25) is 5.91 Å². The van der Waals surface area contributed by atoms with Crippen molar-refractivity contribution in [2.24, 2.45) is 0 Å². The summed E-state index contributed by atoms with van der Waals surface area (Å²) in [5.74, 6) is -0.229. The molecule has 2 aromatic rings. The minimum atomic E-state index is -0.285. The van der Waals surface area contributed by atoms with E-state index in [-0.39, 0.29) is 11.7 Å². The second-order valence-electron chi connectivity index (χ2n) is 4.12. The van der Waals surface area contributed by atoms with E-state index in [0.717, 1.165) is 15.4 Å². The number of phenolic OH excluding ortho intramolecular Hbond substituents is 1. The number of carbonyl (C=O) groups excluding carboxylic acids is 1. The van der Waals surface area contributed by atoms with Gasteiger partial charge in [0, 0.05) is 17.2 Å². The molecule has 4 nitrogen and oxygen atoms in total. The normalized spacial score (nSPS) is 10.8. The van der Waals surface area contributed by atoms with Crippen LogP contribution in [0.25, 0.3) is 6.08 Å². The molecule has 0 saturated heterocycles. The molecule has 0 atom stereocenters. The number of carbonyl (C=O) groups is 1. The van der Waals surface area contributed by atoms with E-state index in [2.05, 4.69) is 10.3 Å². The SMILES string of the molecule is Cc1ccc(O)c(NC(=O)/C=C/c2cnc(C)s2)c1. The predicted molar refractivity (Wildman–Crippen MR) is 77.4 cm³/mol. The van der Waals surface area contributed by atoms with Gasteiger partial charge < -0.3 is 10.4 Å². The van der Waals surface area contributed by atoms with E-state index in [4.69, 9.17) is 0 Å². The number of anilines is 1. The molecular formula is C14H14N2O2S. The van der Waals surface area contributed by atoms with Crippen molar-refractivity contribution in [1.82, 2.24) is 4.98 Å². The maximum Gasteiger partial charge on any atom is 0.248 e. The number of phenols is 1. The average molecular weight is 274 g/mol. The van der Waals surface area contributed by atoms with Crippen LogP contribution in [-0.4, -0.2) is 16.0 Å². The maximum atomic E-state index is 11.7. The van der Waals surface area contributed by atoms with Gasteiger partial charge in [-0.2, -0.15) is 0 Å². The van der Waals surface area contributed by atoms with Gasteiger partial charge in [0.1, 0.15) is 5.75 Å². The Morgan fingerprint density at radius 3 is 2.89 bits per heavy atom. The van der Waals surface area contributed by atoms with Gasteiger partial charge in [-0.25, -0.2) is 4.98 Å². The van der Waals surface area contributed by atoms with E-state index >= 15 is 0 Å². The Hall–Kier alpha value is -2.14. The number of aromatic nitrogens is 1. The van der Waals surface area contributed by atoms with Crippen LogP contribution in [0.1, 0.15) is 15.4 Å². The van der Waals surface area contributed by atoms with Crippen LogP contribution in [0.4, 0.5) is 5.69 Å². The lowest BCUT2D eigenvalue weighted by atomic mass is 10.2. The summed E-state index contributed by atoms with van der Waals surface area (Å²) in [6.07, 6.45) is 4.84. The number of aryl methyl sites for hydroxylation is 2. The van der Waals surface area contributed by atoms with E-state index in [1.165, 1.54) is 17.4 Å². The van der Waals surface area contributed by atoms with Crippen molar-refractivity contribution in [3.05, 3.63) is 45.9 Å². The summed E-state index contributed by atoms with van der Waals surface area (Å²) in [6.45, 7) is 3.80. The Kier molecular flexibility index (Phi) is 3.97. The Morgan fingerprint density at radius 2 is 2.21 bits per heavy atom. The van der Waals surface area contributed by atoms with E-state index in [0.29, 0.717) is 5.69 Å². The molecule has 98 valence electrons. The number of nitrogens with one attached hydrogen (secondary N) is 1. The minimum Gasteiger partial charge on any atom is -0.506 e. The lowest BCUT2D eigenvalue weighted by Gasteiger charge is -2.05. The lowest BCUT2D eigenvalue weighted by molar-refractivity contribution is -0.111. The van der Waals surface area contributed by atoms with E-state index in [1.807, 2.05) is 13.8 Å². The van der Waals surface area contributed by atoms with Crippen molar-refractivity contribution in [3.63, 3.8) is 0 Å². The largest absolute Gasteiger partial charge is 0.506 e. The van der Waals surface area contributed by atoms with Crippen LogP contribution < -0.4 is 5.32 Å². The zero-order chi connectivity index (χ0) is 13.8. The molecule has 2 rings (SSSR count). The van der Waals surface area contributed by atoms with E-state index < -0.39 is 0 Å². The number of aromatic hydroxyl groups is 1. The van der Waals surface area contributed by atoms with Crippen molar-refractivity contribution in [2.75, 3.05) is 5.32 Å². The fourth-order valence-electron chi connectivity index (χ4n) is 1.54. The van der Waals surface area contributed by atoms with Crippen molar-refractivity contribution >= 4 is 29.0 Å². The zero-order valence-electron chi connectivity index (χ0n) is 10.7. The molecule has 0 spiro atoms. The summed E-state index contributed by atoms with van der Waals surface area (Å²) in [4.78, 5) is 16.7. The van der Waals surface area contributed by atoms with Crippen molar-refractivity contribution in [3.8, 4) is 5.75 Å². The van der Waals surface area contributed by atoms with Crippen LogP contribution in [-0.2, 0) is 4.79 Å². The predicted octanol–water partition coefficient (Wildman–Crippen LogP) is 3.12. The van der Waals surface area contributed by atoms with Gasteiger partial charge in [-0.15, -0.1) is 11.3 Å². The Morgan fingerprint density at radius 1 is 1.42 bits per heavy atom. The quantitative estimate of drug-likeness (QED) is 0.667. The fourth-order valence-corrected chi connectivity index (χ4v) is 2.23. The molecule has 1 aromatic heterocycles. The number of hydrogen-bond acceptors (Lipinski definition) is 4. The van der Waals surface area contributed by atoms with Gasteiger partial charge in [-0.1, -0.05) is 6.07 Å². The molecule has 1 heterocycles. The Labute approximate surface area is 115 Å². The van der Waals surface area contributed by atoms with Gasteiger partial charge in [-0.05, 0) is 37.6 Å². The Balaban J connectivity index is 2.05. The highest BCUT2D eigenvalue weighted by Gasteiger charge is 2.04. The second kappa shape index (κ2) is 5.67. The third kappa shape index (κ3) is 3.66. The first-order chi connectivity index (χ1) is 9.04.